The summed E-state index contributed by atoms with van der Waals surface area (Å²) in [4.78, 5) is 11.9. The van der Waals surface area contributed by atoms with Crippen LogP contribution in [0.15, 0.2) is 84.8 Å². The van der Waals surface area contributed by atoms with Crippen LogP contribution in [0.4, 0.5) is 0 Å². The summed E-state index contributed by atoms with van der Waals surface area (Å²) in [5.74, 6) is -0.273. The normalized spacial score (nSPS) is 11.4. The molecule has 3 aromatic carbocycles. The van der Waals surface area contributed by atoms with Crippen LogP contribution in [0.5, 0.6) is 0 Å². The fourth-order valence-electron chi connectivity index (χ4n) is 2.80. The SMILES string of the molecule is N/C(=C\OC(=O)CCc1ccccc1)Cc1cccc2ccccc12. The number of fused-ring (bicyclic) bond motifs is 1. The first kappa shape index (κ1) is 16.8. The van der Waals surface area contributed by atoms with Crippen LogP contribution in [0.3, 0.4) is 0 Å². The summed E-state index contributed by atoms with van der Waals surface area (Å²) in [5.41, 5.74) is 8.80. The predicted molar refractivity (Wildman–Crippen MR) is 101 cm³/mol. The third-order valence-corrected chi connectivity index (χ3v) is 4.08. The van der Waals surface area contributed by atoms with Crippen molar-refractivity contribution in [3.63, 3.8) is 0 Å². The third kappa shape index (κ3) is 4.70. The molecule has 3 rings (SSSR count). The molecule has 0 bridgehead atoms. The molecule has 0 unspecified atom stereocenters. The van der Waals surface area contributed by atoms with Gasteiger partial charge in [-0.2, -0.15) is 0 Å². The number of nitrogens with two attached hydrogens (primary N) is 1. The van der Waals surface area contributed by atoms with Gasteiger partial charge in [-0.3, -0.25) is 4.79 Å². The van der Waals surface area contributed by atoms with E-state index in [1.807, 2.05) is 54.6 Å². The third-order valence-electron chi connectivity index (χ3n) is 4.08. The van der Waals surface area contributed by atoms with E-state index >= 15 is 0 Å². The molecule has 0 radical (unpaired) electrons. The molecular weight excluding hydrogens is 310 g/mol. The van der Waals surface area contributed by atoms with Crippen LogP contribution in [0.1, 0.15) is 17.5 Å². The van der Waals surface area contributed by atoms with E-state index < -0.39 is 0 Å². The van der Waals surface area contributed by atoms with Crippen LogP contribution in [0.2, 0.25) is 0 Å². The fourth-order valence-corrected chi connectivity index (χ4v) is 2.80. The lowest BCUT2D eigenvalue weighted by molar-refractivity contribution is -0.138. The highest BCUT2D eigenvalue weighted by Crippen LogP contribution is 2.20. The Hall–Kier alpha value is -3.07. The molecule has 0 spiro atoms. The number of carbonyl (C=O) groups excluding carboxylic acids is 1. The molecule has 126 valence electrons. The van der Waals surface area contributed by atoms with Gasteiger partial charge in [-0.1, -0.05) is 72.8 Å². The number of benzene rings is 3. The first-order valence-corrected chi connectivity index (χ1v) is 8.37. The highest BCUT2D eigenvalue weighted by molar-refractivity contribution is 5.85. The lowest BCUT2D eigenvalue weighted by Crippen LogP contribution is -2.07. The Labute approximate surface area is 147 Å². The average molecular weight is 331 g/mol. The van der Waals surface area contributed by atoms with E-state index in [0.717, 1.165) is 16.5 Å². The Bertz CT molecular complexity index is 879. The zero-order chi connectivity index (χ0) is 17.5. The molecule has 0 heterocycles. The van der Waals surface area contributed by atoms with Crippen LogP contribution < -0.4 is 5.73 Å². The number of hydrogen-bond acceptors (Lipinski definition) is 3. The number of aryl methyl sites for hydroxylation is 1. The van der Waals surface area contributed by atoms with E-state index in [1.54, 1.807) is 0 Å². The number of allylic oxidation sites excluding steroid dienone is 1. The summed E-state index contributed by atoms with van der Waals surface area (Å²) in [5, 5.41) is 2.34. The van der Waals surface area contributed by atoms with Gasteiger partial charge in [-0.15, -0.1) is 0 Å². The van der Waals surface area contributed by atoms with Crippen molar-refractivity contribution >= 4 is 16.7 Å². The molecule has 0 saturated carbocycles. The maximum absolute atomic E-state index is 11.9. The second kappa shape index (κ2) is 8.15. The van der Waals surface area contributed by atoms with Gasteiger partial charge in [0.1, 0.15) is 6.26 Å². The van der Waals surface area contributed by atoms with Crippen molar-refractivity contribution in [3.8, 4) is 0 Å². The Morgan fingerprint density at radius 1 is 0.920 bits per heavy atom. The molecule has 0 aromatic heterocycles. The molecule has 0 atom stereocenters. The van der Waals surface area contributed by atoms with Crippen molar-refractivity contribution < 1.29 is 9.53 Å². The number of esters is 1. The van der Waals surface area contributed by atoms with Crippen LogP contribution in [0, 0.1) is 0 Å². The largest absolute Gasteiger partial charge is 0.433 e. The second-order valence-corrected chi connectivity index (χ2v) is 5.98. The lowest BCUT2D eigenvalue weighted by Gasteiger charge is -2.07. The fraction of sp³-hybridized carbons (Fsp3) is 0.136. The molecule has 0 aliphatic carbocycles. The summed E-state index contributed by atoms with van der Waals surface area (Å²) >= 11 is 0. The minimum Gasteiger partial charge on any atom is -0.433 e. The average Bonchev–Trinajstić information content (AvgIpc) is 2.66. The molecule has 0 aliphatic rings. The van der Waals surface area contributed by atoms with E-state index in [4.69, 9.17) is 10.5 Å². The number of hydrogen-bond donors (Lipinski definition) is 1. The van der Waals surface area contributed by atoms with Crippen LogP contribution in [-0.2, 0) is 22.4 Å². The maximum atomic E-state index is 11.9. The van der Waals surface area contributed by atoms with Gasteiger partial charge in [0.15, 0.2) is 0 Å². The maximum Gasteiger partial charge on any atom is 0.310 e. The van der Waals surface area contributed by atoms with Gasteiger partial charge in [0, 0.05) is 18.5 Å². The van der Waals surface area contributed by atoms with E-state index in [2.05, 4.69) is 18.2 Å². The van der Waals surface area contributed by atoms with E-state index in [0.29, 0.717) is 25.0 Å². The zero-order valence-corrected chi connectivity index (χ0v) is 14.0. The highest BCUT2D eigenvalue weighted by Gasteiger charge is 2.05. The van der Waals surface area contributed by atoms with Gasteiger partial charge in [0.2, 0.25) is 0 Å². The van der Waals surface area contributed by atoms with Gasteiger partial charge in [0.25, 0.3) is 0 Å². The molecule has 0 fully saturated rings. The molecule has 0 saturated heterocycles. The monoisotopic (exact) mass is 331 g/mol. The van der Waals surface area contributed by atoms with Gasteiger partial charge in [-0.25, -0.2) is 0 Å². The summed E-state index contributed by atoms with van der Waals surface area (Å²) in [6, 6.07) is 24.2. The minimum absolute atomic E-state index is 0.273. The Balaban J connectivity index is 1.57. The Morgan fingerprint density at radius 2 is 1.64 bits per heavy atom. The van der Waals surface area contributed by atoms with Gasteiger partial charge < -0.3 is 10.5 Å². The summed E-state index contributed by atoms with van der Waals surface area (Å²) in [7, 11) is 0. The Morgan fingerprint density at radius 3 is 2.48 bits per heavy atom. The summed E-state index contributed by atoms with van der Waals surface area (Å²) in [6.45, 7) is 0. The Kier molecular flexibility index (Phi) is 5.47. The lowest BCUT2D eigenvalue weighted by atomic mass is 10.0. The topological polar surface area (TPSA) is 52.3 Å². The summed E-state index contributed by atoms with van der Waals surface area (Å²) < 4.78 is 5.18. The molecule has 0 amide bonds. The molecule has 3 aromatic rings. The van der Waals surface area contributed by atoms with Crippen molar-refractivity contribution in [1.29, 1.82) is 0 Å². The molecule has 3 heteroatoms. The summed E-state index contributed by atoms with van der Waals surface area (Å²) in [6.07, 6.45) is 2.92. The highest BCUT2D eigenvalue weighted by atomic mass is 16.5. The van der Waals surface area contributed by atoms with E-state index in [1.165, 1.54) is 11.6 Å². The standard InChI is InChI=1S/C22H21NO2/c23-20(15-19-11-6-10-18-9-4-5-12-21(18)19)16-25-22(24)14-13-17-7-2-1-3-8-17/h1-12,16H,13-15,23H2/b20-16-. The van der Waals surface area contributed by atoms with Crippen LogP contribution in [-0.4, -0.2) is 5.97 Å². The van der Waals surface area contributed by atoms with Crippen LogP contribution >= 0.6 is 0 Å². The van der Waals surface area contributed by atoms with E-state index in [9.17, 15) is 4.79 Å². The van der Waals surface area contributed by atoms with E-state index in [-0.39, 0.29) is 5.97 Å². The molecule has 25 heavy (non-hydrogen) atoms. The molecule has 3 nitrogen and oxygen atoms in total. The van der Waals surface area contributed by atoms with Crippen LogP contribution in [0.25, 0.3) is 10.8 Å². The first-order valence-electron chi connectivity index (χ1n) is 8.37. The quantitative estimate of drug-likeness (QED) is 0.539. The van der Waals surface area contributed by atoms with Gasteiger partial charge >= 0.3 is 5.97 Å². The van der Waals surface area contributed by atoms with Crippen molar-refractivity contribution in [1.82, 2.24) is 0 Å². The van der Waals surface area contributed by atoms with Gasteiger partial charge in [-0.05, 0) is 28.3 Å². The predicted octanol–water partition coefficient (Wildman–Crippen LogP) is 4.36. The number of ether oxygens (including phenoxy) is 1. The smallest absolute Gasteiger partial charge is 0.310 e. The zero-order valence-electron chi connectivity index (χ0n) is 14.0. The first-order chi connectivity index (χ1) is 12.2. The number of rotatable bonds is 6. The second-order valence-electron chi connectivity index (χ2n) is 5.98. The number of carbonyl (C=O) groups is 1. The minimum atomic E-state index is -0.273. The molecule has 0 aliphatic heterocycles. The van der Waals surface area contributed by atoms with Crippen molar-refractivity contribution in [2.75, 3.05) is 0 Å². The van der Waals surface area contributed by atoms with Crippen molar-refractivity contribution in [3.05, 3.63) is 95.9 Å². The molecular formula is C22H21NO2. The van der Waals surface area contributed by atoms with Crippen molar-refractivity contribution in [2.45, 2.75) is 19.3 Å². The molecule has 2 N–H and O–H groups in total. The van der Waals surface area contributed by atoms with Gasteiger partial charge in [0.05, 0.1) is 0 Å². The van der Waals surface area contributed by atoms with Crippen molar-refractivity contribution in [2.24, 2.45) is 5.73 Å².